The molecule has 3 rings (SSSR count). The van der Waals surface area contributed by atoms with Gasteiger partial charge in [-0.2, -0.15) is 0 Å². The first-order valence-electron chi connectivity index (χ1n) is 9.98. The van der Waals surface area contributed by atoms with Crippen molar-refractivity contribution in [3.05, 3.63) is 71.5 Å². The summed E-state index contributed by atoms with van der Waals surface area (Å²) in [6.45, 7) is 7.30. The van der Waals surface area contributed by atoms with Crippen molar-refractivity contribution in [1.82, 2.24) is 14.9 Å². The largest absolute Gasteiger partial charge is 0.494 e. The third kappa shape index (κ3) is 6.11. The Morgan fingerprint density at radius 3 is 2.58 bits per heavy atom. The van der Waals surface area contributed by atoms with E-state index in [4.69, 9.17) is 9.47 Å². The van der Waals surface area contributed by atoms with Crippen LogP contribution in [0, 0.1) is 0 Å². The Hall–Kier alpha value is -3.26. The Labute approximate surface area is 185 Å². The molecule has 0 saturated heterocycles. The van der Waals surface area contributed by atoms with E-state index in [9.17, 15) is 9.59 Å². The van der Waals surface area contributed by atoms with Gasteiger partial charge in [0.1, 0.15) is 18.1 Å². The summed E-state index contributed by atoms with van der Waals surface area (Å²) in [4.78, 5) is 29.5. The zero-order valence-electron chi connectivity index (χ0n) is 17.4. The van der Waals surface area contributed by atoms with Crippen molar-refractivity contribution in [2.75, 3.05) is 25.5 Å². The van der Waals surface area contributed by atoms with Gasteiger partial charge in [0.25, 0.3) is 5.56 Å². The first kappa shape index (κ1) is 22.4. The van der Waals surface area contributed by atoms with Crippen molar-refractivity contribution in [2.45, 2.75) is 18.6 Å². The first-order valence-corrected chi connectivity index (χ1v) is 11.0. The molecular formula is C23H25N3O4S. The quantitative estimate of drug-likeness (QED) is 0.214. The van der Waals surface area contributed by atoms with Crippen LogP contribution in [0.15, 0.2) is 71.1 Å². The molecule has 3 aromatic rings. The summed E-state index contributed by atoms with van der Waals surface area (Å²) >= 11 is 1.22. The van der Waals surface area contributed by atoms with Crippen LogP contribution in [-0.4, -0.2) is 41.0 Å². The van der Waals surface area contributed by atoms with E-state index in [1.54, 1.807) is 24.3 Å². The SMILES string of the molecule is C=CCn1c(SCC(=O)NCCOc2ccc(OCC)cc2)nc2ccccc2c1=O. The zero-order chi connectivity index (χ0) is 22.1. The molecule has 8 heteroatoms. The van der Waals surface area contributed by atoms with E-state index < -0.39 is 0 Å². The van der Waals surface area contributed by atoms with Crippen LogP contribution in [0.1, 0.15) is 6.92 Å². The number of hydrogen-bond donors (Lipinski definition) is 1. The molecule has 0 unspecified atom stereocenters. The highest BCUT2D eigenvalue weighted by molar-refractivity contribution is 7.99. The minimum absolute atomic E-state index is 0.142. The second-order valence-electron chi connectivity index (χ2n) is 6.51. The van der Waals surface area contributed by atoms with Gasteiger partial charge in [0.2, 0.25) is 5.91 Å². The fraction of sp³-hybridized carbons (Fsp3) is 0.261. The lowest BCUT2D eigenvalue weighted by Crippen LogP contribution is -2.30. The second kappa shape index (κ2) is 11.2. The predicted molar refractivity (Wildman–Crippen MR) is 123 cm³/mol. The van der Waals surface area contributed by atoms with Gasteiger partial charge in [0.15, 0.2) is 5.16 Å². The number of hydrogen-bond acceptors (Lipinski definition) is 6. The average molecular weight is 440 g/mol. The Bertz CT molecular complexity index is 1100. The predicted octanol–water partition coefficient (Wildman–Crippen LogP) is 3.27. The molecule has 0 fully saturated rings. The van der Waals surface area contributed by atoms with Crippen LogP contribution in [0.3, 0.4) is 0 Å². The highest BCUT2D eigenvalue weighted by Gasteiger charge is 2.12. The lowest BCUT2D eigenvalue weighted by atomic mass is 10.2. The molecule has 0 atom stereocenters. The van der Waals surface area contributed by atoms with Crippen molar-refractivity contribution >= 4 is 28.6 Å². The number of allylic oxidation sites excluding steroid dienone is 1. The second-order valence-corrected chi connectivity index (χ2v) is 7.45. The number of para-hydroxylation sites is 1. The van der Waals surface area contributed by atoms with Crippen molar-refractivity contribution in [2.24, 2.45) is 0 Å². The highest BCUT2D eigenvalue weighted by Crippen LogP contribution is 2.18. The number of ether oxygens (including phenoxy) is 2. The van der Waals surface area contributed by atoms with Crippen molar-refractivity contribution in [1.29, 1.82) is 0 Å². The number of nitrogens with zero attached hydrogens (tertiary/aromatic N) is 2. The fourth-order valence-corrected chi connectivity index (χ4v) is 3.73. The Morgan fingerprint density at radius 2 is 1.87 bits per heavy atom. The number of carbonyl (C=O) groups is 1. The molecule has 1 N–H and O–H groups in total. The van der Waals surface area contributed by atoms with E-state index in [2.05, 4.69) is 16.9 Å². The van der Waals surface area contributed by atoms with Gasteiger partial charge >= 0.3 is 0 Å². The summed E-state index contributed by atoms with van der Waals surface area (Å²) < 4.78 is 12.5. The molecule has 0 bridgehead atoms. The molecule has 0 radical (unpaired) electrons. The molecule has 0 aliphatic heterocycles. The number of aromatic nitrogens is 2. The Balaban J connectivity index is 1.51. The normalized spacial score (nSPS) is 10.6. The van der Waals surface area contributed by atoms with Gasteiger partial charge in [-0.1, -0.05) is 30.0 Å². The van der Waals surface area contributed by atoms with Gasteiger partial charge in [-0.25, -0.2) is 4.98 Å². The monoisotopic (exact) mass is 439 g/mol. The lowest BCUT2D eigenvalue weighted by molar-refractivity contribution is -0.118. The van der Waals surface area contributed by atoms with E-state index >= 15 is 0 Å². The van der Waals surface area contributed by atoms with Crippen LogP contribution in [0.4, 0.5) is 0 Å². The van der Waals surface area contributed by atoms with Crippen LogP contribution >= 0.6 is 11.8 Å². The summed E-state index contributed by atoms with van der Waals surface area (Å²) in [6.07, 6.45) is 1.64. The maximum absolute atomic E-state index is 12.7. The molecule has 162 valence electrons. The summed E-state index contributed by atoms with van der Waals surface area (Å²) in [5, 5.41) is 3.85. The molecular weight excluding hydrogens is 414 g/mol. The Morgan fingerprint density at radius 1 is 1.16 bits per heavy atom. The third-order valence-corrected chi connectivity index (χ3v) is 5.27. The minimum atomic E-state index is -0.159. The molecule has 2 aromatic carbocycles. The van der Waals surface area contributed by atoms with Gasteiger partial charge in [0.05, 0.1) is 29.8 Å². The highest BCUT2D eigenvalue weighted by atomic mass is 32.2. The molecule has 0 aliphatic rings. The number of fused-ring (bicyclic) bond motifs is 1. The van der Waals surface area contributed by atoms with Gasteiger partial charge < -0.3 is 14.8 Å². The van der Waals surface area contributed by atoms with Gasteiger partial charge in [0, 0.05) is 6.54 Å². The average Bonchev–Trinajstić information content (AvgIpc) is 2.79. The number of carbonyl (C=O) groups excluding carboxylic acids is 1. The molecule has 0 saturated carbocycles. The molecule has 1 heterocycles. The molecule has 1 amide bonds. The summed E-state index contributed by atoms with van der Waals surface area (Å²) in [6, 6.07) is 14.5. The standard InChI is InChI=1S/C23H25N3O4S/c1-3-14-26-22(28)19-7-5-6-8-20(19)25-23(26)31-16-21(27)24-13-15-30-18-11-9-17(10-12-18)29-4-2/h3,5-12H,1,4,13-16H2,2H3,(H,24,27). The topological polar surface area (TPSA) is 82.5 Å². The molecule has 0 aliphatic carbocycles. The number of rotatable bonds is 11. The molecule has 1 aromatic heterocycles. The summed E-state index contributed by atoms with van der Waals surface area (Å²) in [5.41, 5.74) is 0.469. The zero-order valence-corrected chi connectivity index (χ0v) is 18.2. The number of nitrogens with one attached hydrogen (secondary N) is 1. The summed E-state index contributed by atoms with van der Waals surface area (Å²) in [7, 11) is 0. The lowest BCUT2D eigenvalue weighted by Gasteiger charge is -2.12. The van der Waals surface area contributed by atoms with E-state index in [1.807, 2.05) is 37.3 Å². The van der Waals surface area contributed by atoms with E-state index in [0.717, 1.165) is 5.75 Å². The summed E-state index contributed by atoms with van der Waals surface area (Å²) in [5.74, 6) is 1.48. The minimum Gasteiger partial charge on any atom is -0.494 e. The fourth-order valence-electron chi connectivity index (χ4n) is 2.89. The van der Waals surface area contributed by atoms with Crippen LogP contribution in [0.2, 0.25) is 0 Å². The van der Waals surface area contributed by atoms with Crippen molar-refractivity contribution in [3.63, 3.8) is 0 Å². The van der Waals surface area contributed by atoms with Crippen LogP contribution in [0.25, 0.3) is 10.9 Å². The van der Waals surface area contributed by atoms with Crippen LogP contribution < -0.4 is 20.3 Å². The molecule has 31 heavy (non-hydrogen) atoms. The van der Waals surface area contributed by atoms with Crippen molar-refractivity contribution < 1.29 is 14.3 Å². The van der Waals surface area contributed by atoms with Gasteiger partial charge in [-0.15, -0.1) is 6.58 Å². The Kier molecular flexibility index (Phi) is 8.12. The van der Waals surface area contributed by atoms with E-state index in [0.29, 0.717) is 48.1 Å². The maximum atomic E-state index is 12.7. The third-order valence-electron chi connectivity index (χ3n) is 4.30. The first-order chi connectivity index (χ1) is 15.1. The van der Waals surface area contributed by atoms with E-state index in [1.165, 1.54) is 16.3 Å². The molecule has 0 spiro atoms. The van der Waals surface area contributed by atoms with E-state index in [-0.39, 0.29) is 17.2 Å². The van der Waals surface area contributed by atoms with Gasteiger partial charge in [-0.3, -0.25) is 14.2 Å². The number of thioether (sulfide) groups is 1. The van der Waals surface area contributed by atoms with Crippen LogP contribution in [0.5, 0.6) is 11.5 Å². The van der Waals surface area contributed by atoms with Gasteiger partial charge in [-0.05, 0) is 43.3 Å². The number of amides is 1. The van der Waals surface area contributed by atoms with Crippen molar-refractivity contribution in [3.8, 4) is 11.5 Å². The van der Waals surface area contributed by atoms with Crippen LogP contribution in [-0.2, 0) is 11.3 Å². The maximum Gasteiger partial charge on any atom is 0.262 e. The number of benzene rings is 2. The smallest absolute Gasteiger partial charge is 0.262 e. The molecule has 7 nitrogen and oxygen atoms in total.